The summed E-state index contributed by atoms with van der Waals surface area (Å²) < 4.78 is 20.2. The Labute approximate surface area is 120 Å². The minimum absolute atomic E-state index is 0.692. The molecular formula is C11H11ClN2O6. The summed E-state index contributed by atoms with van der Waals surface area (Å²) in [5.74, 6) is 2.03. The van der Waals surface area contributed by atoms with Crippen LogP contribution in [0.15, 0.2) is 21.9 Å². The number of aromatic nitrogens is 2. The number of hydrogen-bond donors (Lipinski definition) is 4. The van der Waals surface area contributed by atoms with Gasteiger partial charge in [0.25, 0.3) is 5.56 Å². The molecule has 0 bridgehead atoms. The molecule has 2 rings (SSSR count). The molecule has 1 saturated heterocycles. The lowest BCUT2D eigenvalue weighted by molar-refractivity contribution is -0.0765. The fourth-order valence-electron chi connectivity index (χ4n) is 1.90. The zero-order valence-electron chi connectivity index (χ0n) is 11.8. The van der Waals surface area contributed by atoms with Crippen LogP contribution < -0.4 is 11.2 Å². The molecule has 2 heterocycles. The maximum atomic E-state index is 11.8. The molecule has 1 aliphatic rings. The molecule has 108 valence electrons. The summed E-state index contributed by atoms with van der Waals surface area (Å²) in [5.41, 5.74) is -4.18. The minimum Gasteiger partial charge on any atom is -0.394 e. The molecule has 4 N–H and O–H groups in total. The Bertz CT molecular complexity index is 748. The third kappa shape index (κ3) is 2.26. The Balaban J connectivity index is 2.59. The van der Waals surface area contributed by atoms with Crippen LogP contribution in [0.5, 0.6) is 0 Å². The van der Waals surface area contributed by atoms with E-state index in [1.165, 1.54) is 0 Å². The van der Waals surface area contributed by atoms with Crippen molar-refractivity contribution in [2.45, 2.75) is 24.0 Å². The molecule has 1 aliphatic heterocycles. The smallest absolute Gasteiger partial charge is 0.330 e. The summed E-state index contributed by atoms with van der Waals surface area (Å²) in [6, 6.07) is 0.951. The first-order chi connectivity index (χ1) is 10.1. The maximum Gasteiger partial charge on any atom is 0.330 e. The first-order valence-corrected chi connectivity index (χ1v) is 5.71. The van der Waals surface area contributed by atoms with Crippen LogP contribution in [0.4, 0.5) is 0 Å². The number of aliphatic hydroxyl groups excluding tert-OH is 1. The second-order valence-electron chi connectivity index (χ2n) is 4.05. The highest BCUT2D eigenvalue weighted by Gasteiger charge is 2.55. The van der Waals surface area contributed by atoms with E-state index in [0.717, 1.165) is 12.3 Å². The lowest BCUT2D eigenvalue weighted by atomic mass is 9.95. The van der Waals surface area contributed by atoms with Crippen molar-refractivity contribution in [3.63, 3.8) is 0 Å². The number of hydrogen-bond acceptors (Lipinski definition) is 6. The first kappa shape index (κ1) is 12.1. The maximum absolute atomic E-state index is 11.8. The van der Waals surface area contributed by atoms with Gasteiger partial charge in [0.05, 0.1) is 9.30 Å². The molecule has 0 amide bonds. The second-order valence-corrected chi connectivity index (χ2v) is 4.23. The van der Waals surface area contributed by atoms with Gasteiger partial charge < -0.3 is 20.1 Å². The normalized spacial score (nSPS) is 34.9. The third-order valence-electron chi connectivity index (χ3n) is 2.87. The van der Waals surface area contributed by atoms with Gasteiger partial charge in [0.2, 0.25) is 5.60 Å². The molecule has 0 aliphatic carbocycles. The SMILES string of the molecule is [2H]C([2H])(O)[C@H]1O[C@@H](n2ccc(=O)[nH]c2=O)C(O)(C#CCl)[C@H]1O. The molecular weight excluding hydrogens is 292 g/mol. The number of H-pyrrole nitrogens is 1. The van der Waals surface area contributed by atoms with Crippen LogP contribution >= 0.6 is 11.6 Å². The topological polar surface area (TPSA) is 125 Å². The van der Waals surface area contributed by atoms with Gasteiger partial charge in [0.1, 0.15) is 12.2 Å². The highest BCUT2D eigenvalue weighted by molar-refractivity contribution is 6.30. The van der Waals surface area contributed by atoms with Crippen molar-refractivity contribution in [3.8, 4) is 11.3 Å². The molecule has 1 aromatic rings. The fraction of sp³-hybridized carbons (Fsp3) is 0.455. The Morgan fingerprint density at radius 3 is 2.90 bits per heavy atom. The molecule has 0 spiro atoms. The van der Waals surface area contributed by atoms with Crippen molar-refractivity contribution in [1.29, 1.82) is 0 Å². The first-order valence-electron chi connectivity index (χ1n) is 6.34. The monoisotopic (exact) mass is 304 g/mol. The van der Waals surface area contributed by atoms with Gasteiger partial charge in [-0.15, -0.1) is 0 Å². The quantitative estimate of drug-likeness (QED) is 0.456. The number of halogens is 1. The van der Waals surface area contributed by atoms with Crippen LogP contribution in [-0.2, 0) is 4.74 Å². The van der Waals surface area contributed by atoms with E-state index in [4.69, 9.17) is 19.1 Å². The van der Waals surface area contributed by atoms with Crippen molar-refractivity contribution < 1.29 is 22.8 Å². The van der Waals surface area contributed by atoms with Gasteiger partial charge >= 0.3 is 5.69 Å². The van der Waals surface area contributed by atoms with Crippen LogP contribution in [-0.4, -0.2) is 49.2 Å². The number of aromatic amines is 1. The lowest BCUT2D eigenvalue weighted by Crippen LogP contribution is -2.48. The largest absolute Gasteiger partial charge is 0.394 e. The summed E-state index contributed by atoms with van der Waals surface area (Å²) in [5, 5.41) is 31.7. The number of nitrogens with zero attached hydrogens (tertiary/aromatic N) is 1. The van der Waals surface area contributed by atoms with Crippen molar-refractivity contribution in [1.82, 2.24) is 9.55 Å². The predicted octanol–water partition coefficient (Wildman–Crippen LogP) is -2.28. The molecule has 0 saturated carbocycles. The lowest BCUT2D eigenvalue weighted by Gasteiger charge is -2.26. The van der Waals surface area contributed by atoms with Gasteiger partial charge in [0, 0.05) is 17.6 Å². The van der Waals surface area contributed by atoms with Crippen molar-refractivity contribution in [2.75, 3.05) is 6.56 Å². The summed E-state index contributed by atoms with van der Waals surface area (Å²) in [6.45, 7) is -3.03. The van der Waals surface area contributed by atoms with Crippen molar-refractivity contribution in [3.05, 3.63) is 33.1 Å². The van der Waals surface area contributed by atoms with Gasteiger partial charge in [-0.1, -0.05) is 0 Å². The van der Waals surface area contributed by atoms with Gasteiger partial charge in [-0.3, -0.25) is 14.3 Å². The van der Waals surface area contributed by atoms with E-state index in [2.05, 4.69) is 0 Å². The molecule has 1 fully saturated rings. The van der Waals surface area contributed by atoms with E-state index < -0.39 is 41.8 Å². The molecule has 1 aromatic heterocycles. The Morgan fingerprint density at radius 1 is 1.65 bits per heavy atom. The van der Waals surface area contributed by atoms with E-state index in [0.29, 0.717) is 4.57 Å². The third-order valence-corrected chi connectivity index (χ3v) is 2.96. The summed E-state index contributed by atoms with van der Waals surface area (Å²) in [6.07, 6.45) is -4.65. The number of ether oxygens (including phenoxy) is 1. The highest BCUT2D eigenvalue weighted by Crippen LogP contribution is 2.37. The van der Waals surface area contributed by atoms with E-state index in [1.54, 1.807) is 0 Å². The van der Waals surface area contributed by atoms with Crippen LogP contribution in [0.3, 0.4) is 0 Å². The minimum atomic E-state index is -3.03. The van der Waals surface area contributed by atoms with Gasteiger partial charge in [0.15, 0.2) is 6.23 Å². The van der Waals surface area contributed by atoms with E-state index >= 15 is 0 Å². The van der Waals surface area contributed by atoms with Gasteiger partial charge in [-0.25, -0.2) is 4.79 Å². The van der Waals surface area contributed by atoms with E-state index in [9.17, 15) is 24.9 Å². The van der Waals surface area contributed by atoms with Gasteiger partial charge in [-0.2, -0.15) is 0 Å². The van der Waals surface area contributed by atoms with E-state index in [-0.39, 0.29) is 0 Å². The molecule has 20 heavy (non-hydrogen) atoms. The molecule has 0 radical (unpaired) electrons. The predicted molar refractivity (Wildman–Crippen MR) is 66.9 cm³/mol. The number of aliphatic hydroxyl groups is 3. The van der Waals surface area contributed by atoms with Crippen LogP contribution in [0.1, 0.15) is 8.97 Å². The standard InChI is InChI=1S/C11H11ClN2O6/c12-3-2-11(19)8(17)6(5-15)20-9(11)14-4-1-7(16)13-10(14)18/h1,4,6,8-9,15,17,19H,5H2,(H,13,16,18)/t6-,8+,9-,11?/m1/s1/i5D2. The Hall–Kier alpha value is -1.63. The molecule has 0 aromatic carbocycles. The summed E-state index contributed by atoms with van der Waals surface area (Å²) in [4.78, 5) is 24.7. The molecule has 1 unspecified atom stereocenters. The Kier molecular flexibility index (Phi) is 3.27. The summed E-state index contributed by atoms with van der Waals surface area (Å²) in [7, 11) is 0. The number of nitrogens with one attached hydrogen (secondary N) is 1. The number of rotatable bonds is 2. The summed E-state index contributed by atoms with van der Waals surface area (Å²) >= 11 is 5.23. The van der Waals surface area contributed by atoms with Gasteiger partial charge in [-0.05, 0) is 17.5 Å². The van der Waals surface area contributed by atoms with Crippen LogP contribution in [0.25, 0.3) is 0 Å². The fourth-order valence-corrected chi connectivity index (χ4v) is 2.05. The van der Waals surface area contributed by atoms with Crippen molar-refractivity contribution in [2.24, 2.45) is 0 Å². The van der Waals surface area contributed by atoms with Crippen LogP contribution in [0, 0.1) is 11.3 Å². The van der Waals surface area contributed by atoms with E-state index in [1.807, 2.05) is 16.3 Å². The molecule has 9 heteroatoms. The zero-order valence-corrected chi connectivity index (χ0v) is 10.5. The zero-order chi connectivity index (χ0) is 16.7. The molecule has 8 nitrogen and oxygen atoms in total. The second kappa shape index (κ2) is 5.40. The molecule has 4 atom stereocenters. The average Bonchev–Trinajstić information content (AvgIpc) is 2.63. The average molecular weight is 305 g/mol. The highest BCUT2D eigenvalue weighted by atomic mass is 35.5. The van der Waals surface area contributed by atoms with Crippen molar-refractivity contribution >= 4 is 11.6 Å². The van der Waals surface area contributed by atoms with Crippen LogP contribution in [0.2, 0.25) is 0 Å². The Morgan fingerprint density at radius 2 is 2.35 bits per heavy atom.